The average molecular weight is 313 g/mol. The number of carbonyl (C=O) groups excluding carboxylic acids is 1. The molecule has 1 heterocycles. The third-order valence-electron chi connectivity index (χ3n) is 3.63. The summed E-state index contributed by atoms with van der Waals surface area (Å²) < 4.78 is 10.6. The Morgan fingerprint density at radius 3 is 2.91 bits per heavy atom. The minimum atomic E-state index is -0.412. The van der Waals surface area contributed by atoms with Gasteiger partial charge >= 0.3 is 5.97 Å². The second kappa shape index (κ2) is 7.24. The van der Waals surface area contributed by atoms with Gasteiger partial charge in [-0.2, -0.15) is 0 Å². The second-order valence-electron chi connectivity index (χ2n) is 5.39. The van der Waals surface area contributed by atoms with E-state index in [1.165, 1.54) is 10.8 Å². The number of oxime groups is 1. The molecule has 3 rings (SSSR count). The highest BCUT2D eigenvalue weighted by Gasteiger charge is 2.27. The van der Waals surface area contributed by atoms with E-state index in [4.69, 9.17) is 14.3 Å². The van der Waals surface area contributed by atoms with Gasteiger partial charge in [-0.3, -0.25) is 0 Å². The maximum atomic E-state index is 11.5. The number of esters is 1. The standard InChI is InChI=1S/C18H19NO4/c1-2-22-18(20)17-10-16(23-19-17)12-21-11-13-7-8-14-5-3-4-6-15(14)9-13/h3-9,16H,2,10-12H2,1H3. The monoisotopic (exact) mass is 313 g/mol. The molecule has 120 valence electrons. The second-order valence-corrected chi connectivity index (χ2v) is 5.39. The summed E-state index contributed by atoms with van der Waals surface area (Å²) in [6.45, 7) is 2.98. The van der Waals surface area contributed by atoms with Crippen molar-refractivity contribution >= 4 is 22.5 Å². The predicted octanol–water partition coefficient (Wildman–Crippen LogP) is 3.06. The molecule has 2 aromatic carbocycles. The molecule has 0 amide bonds. The lowest BCUT2D eigenvalue weighted by molar-refractivity contribution is -0.135. The summed E-state index contributed by atoms with van der Waals surface area (Å²) in [4.78, 5) is 16.7. The third-order valence-corrected chi connectivity index (χ3v) is 3.63. The van der Waals surface area contributed by atoms with Crippen molar-refractivity contribution in [1.29, 1.82) is 0 Å². The van der Waals surface area contributed by atoms with E-state index in [1.807, 2.05) is 12.1 Å². The van der Waals surface area contributed by atoms with E-state index < -0.39 is 5.97 Å². The molecule has 23 heavy (non-hydrogen) atoms. The van der Waals surface area contributed by atoms with E-state index in [1.54, 1.807) is 6.92 Å². The van der Waals surface area contributed by atoms with Crippen LogP contribution in [0.3, 0.4) is 0 Å². The number of ether oxygens (including phenoxy) is 2. The molecule has 0 aromatic heterocycles. The molecule has 1 unspecified atom stereocenters. The van der Waals surface area contributed by atoms with Gasteiger partial charge in [-0.15, -0.1) is 0 Å². The third kappa shape index (κ3) is 3.87. The summed E-state index contributed by atoms with van der Waals surface area (Å²) in [6.07, 6.45) is 0.200. The highest BCUT2D eigenvalue weighted by molar-refractivity contribution is 6.36. The molecule has 0 saturated carbocycles. The topological polar surface area (TPSA) is 57.1 Å². The lowest BCUT2D eigenvalue weighted by atomic mass is 10.1. The Kier molecular flexibility index (Phi) is 4.88. The maximum absolute atomic E-state index is 11.5. The van der Waals surface area contributed by atoms with Crippen molar-refractivity contribution in [3.8, 4) is 0 Å². The maximum Gasteiger partial charge on any atom is 0.356 e. The van der Waals surface area contributed by atoms with Crippen LogP contribution in [-0.2, 0) is 25.7 Å². The van der Waals surface area contributed by atoms with E-state index in [9.17, 15) is 4.79 Å². The Morgan fingerprint density at radius 2 is 2.09 bits per heavy atom. The quantitative estimate of drug-likeness (QED) is 0.769. The number of hydrogen-bond acceptors (Lipinski definition) is 5. The molecule has 5 heteroatoms. The Hall–Kier alpha value is -2.40. The van der Waals surface area contributed by atoms with Crippen LogP contribution < -0.4 is 0 Å². The van der Waals surface area contributed by atoms with Gasteiger partial charge in [0.2, 0.25) is 0 Å². The lowest BCUT2D eigenvalue weighted by Crippen LogP contribution is -2.21. The van der Waals surface area contributed by atoms with Crippen LogP contribution in [-0.4, -0.2) is 31.0 Å². The number of rotatable bonds is 6. The molecule has 0 saturated heterocycles. The summed E-state index contributed by atoms with van der Waals surface area (Å²) in [5, 5.41) is 6.17. The van der Waals surface area contributed by atoms with Gasteiger partial charge in [0.15, 0.2) is 11.8 Å². The van der Waals surface area contributed by atoms with Crippen molar-refractivity contribution in [3.63, 3.8) is 0 Å². The van der Waals surface area contributed by atoms with Gasteiger partial charge in [-0.1, -0.05) is 41.6 Å². The van der Waals surface area contributed by atoms with E-state index in [-0.39, 0.29) is 6.10 Å². The molecular weight excluding hydrogens is 294 g/mol. The predicted molar refractivity (Wildman–Crippen MR) is 87.2 cm³/mol. The van der Waals surface area contributed by atoms with Crippen LogP contribution >= 0.6 is 0 Å². The van der Waals surface area contributed by atoms with Crippen LogP contribution in [0.4, 0.5) is 0 Å². The van der Waals surface area contributed by atoms with Crippen LogP contribution in [0.2, 0.25) is 0 Å². The number of nitrogens with zero attached hydrogens (tertiary/aromatic N) is 1. The van der Waals surface area contributed by atoms with Crippen molar-refractivity contribution in [1.82, 2.24) is 0 Å². The first kappa shape index (κ1) is 15.5. The first-order valence-corrected chi connectivity index (χ1v) is 7.71. The summed E-state index contributed by atoms with van der Waals surface area (Å²) in [5.41, 5.74) is 1.43. The van der Waals surface area contributed by atoms with Crippen molar-refractivity contribution < 1.29 is 19.1 Å². The molecule has 1 atom stereocenters. The summed E-state index contributed by atoms with van der Waals surface area (Å²) in [7, 11) is 0. The lowest BCUT2D eigenvalue weighted by Gasteiger charge is -2.09. The van der Waals surface area contributed by atoms with E-state index in [0.29, 0.717) is 32.0 Å². The molecule has 0 aliphatic carbocycles. The van der Waals surface area contributed by atoms with Gasteiger partial charge in [0.25, 0.3) is 0 Å². The number of fused-ring (bicyclic) bond motifs is 1. The van der Waals surface area contributed by atoms with E-state index in [0.717, 1.165) is 5.56 Å². The molecule has 0 radical (unpaired) electrons. The van der Waals surface area contributed by atoms with Crippen LogP contribution in [0.5, 0.6) is 0 Å². The first-order valence-electron chi connectivity index (χ1n) is 7.71. The molecular formula is C18H19NO4. The molecule has 5 nitrogen and oxygen atoms in total. The Morgan fingerprint density at radius 1 is 1.26 bits per heavy atom. The first-order chi connectivity index (χ1) is 11.3. The average Bonchev–Trinajstić information content (AvgIpc) is 3.04. The molecule has 0 spiro atoms. The minimum absolute atomic E-state index is 0.227. The fourth-order valence-electron chi connectivity index (χ4n) is 2.49. The molecule has 1 aliphatic rings. The molecule has 0 N–H and O–H groups in total. The Balaban J connectivity index is 1.47. The largest absolute Gasteiger partial charge is 0.461 e. The van der Waals surface area contributed by atoms with E-state index in [2.05, 4.69) is 35.5 Å². The van der Waals surface area contributed by atoms with Crippen molar-refractivity contribution in [2.75, 3.05) is 13.2 Å². The summed E-state index contributed by atoms with van der Waals surface area (Å²) in [6, 6.07) is 14.5. The van der Waals surface area contributed by atoms with E-state index >= 15 is 0 Å². The summed E-state index contributed by atoms with van der Waals surface area (Å²) >= 11 is 0. The van der Waals surface area contributed by atoms with Crippen molar-refractivity contribution in [2.45, 2.75) is 26.1 Å². The SMILES string of the molecule is CCOC(=O)C1=NOC(COCc2ccc3ccccc3c2)C1. The Labute approximate surface area is 134 Å². The van der Waals surface area contributed by atoms with Crippen molar-refractivity contribution in [2.24, 2.45) is 5.16 Å². The minimum Gasteiger partial charge on any atom is -0.461 e. The highest BCUT2D eigenvalue weighted by Crippen LogP contribution is 2.17. The van der Waals surface area contributed by atoms with Crippen LogP contribution in [0.1, 0.15) is 18.9 Å². The number of benzene rings is 2. The molecule has 0 bridgehead atoms. The zero-order valence-electron chi connectivity index (χ0n) is 13.0. The smallest absolute Gasteiger partial charge is 0.356 e. The van der Waals surface area contributed by atoms with Gasteiger partial charge in [0.1, 0.15) is 0 Å². The zero-order valence-corrected chi connectivity index (χ0v) is 13.0. The highest BCUT2D eigenvalue weighted by atomic mass is 16.7. The van der Waals surface area contributed by atoms with Crippen LogP contribution in [0.25, 0.3) is 10.8 Å². The zero-order chi connectivity index (χ0) is 16.1. The molecule has 1 aliphatic heterocycles. The van der Waals surface area contributed by atoms with Gasteiger partial charge in [0.05, 0.1) is 19.8 Å². The van der Waals surface area contributed by atoms with Crippen LogP contribution in [0.15, 0.2) is 47.6 Å². The van der Waals surface area contributed by atoms with Gasteiger partial charge in [-0.05, 0) is 29.3 Å². The summed E-state index contributed by atoms with van der Waals surface area (Å²) in [5.74, 6) is -0.412. The number of hydrogen-bond donors (Lipinski definition) is 0. The Bertz CT molecular complexity index is 726. The number of carbonyl (C=O) groups is 1. The van der Waals surface area contributed by atoms with Crippen LogP contribution in [0, 0.1) is 0 Å². The molecule has 0 fully saturated rings. The normalized spacial score (nSPS) is 16.9. The van der Waals surface area contributed by atoms with Gasteiger partial charge in [0, 0.05) is 6.42 Å². The van der Waals surface area contributed by atoms with Gasteiger partial charge in [-0.25, -0.2) is 4.79 Å². The van der Waals surface area contributed by atoms with Gasteiger partial charge < -0.3 is 14.3 Å². The van der Waals surface area contributed by atoms with Crippen molar-refractivity contribution in [3.05, 3.63) is 48.0 Å². The fraction of sp³-hybridized carbons (Fsp3) is 0.333. The fourth-order valence-corrected chi connectivity index (χ4v) is 2.49. The molecule has 2 aromatic rings.